The summed E-state index contributed by atoms with van der Waals surface area (Å²) in [7, 11) is 1.48. The second-order valence-corrected chi connectivity index (χ2v) is 10.9. The van der Waals surface area contributed by atoms with E-state index in [9.17, 15) is 15.2 Å². The van der Waals surface area contributed by atoms with Gasteiger partial charge in [0.15, 0.2) is 23.1 Å². The topological polar surface area (TPSA) is 115 Å². The van der Waals surface area contributed by atoms with Crippen LogP contribution in [0.3, 0.4) is 0 Å². The zero-order valence-corrected chi connectivity index (χ0v) is 20.7. The fourth-order valence-electron chi connectivity index (χ4n) is 6.56. The molecule has 1 atom stereocenters. The quantitative estimate of drug-likeness (QED) is 0.636. The third-order valence-electron chi connectivity index (χ3n) is 8.17. The summed E-state index contributed by atoms with van der Waals surface area (Å²) in [6.45, 7) is 2.11. The lowest BCUT2D eigenvalue weighted by Crippen LogP contribution is -2.40. The standard InChI is InChI=1S/C27H25N5O3S/c1-35-19-11-14(5-6-17(19)33)20-15(12-28)25-30-24(29)23-21-13-7-9-31(10-8-13)26(21)36-27(23)32(25)16-3-2-4-18(34)22(16)20/h5-6,11,13,20,33H,2-4,7-10H2,1H3,(H2,29,30)/t20-/m1/s1. The van der Waals surface area contributed by atoms with Gasteiger partial charge in [-0.1, -0.05) is 17.4 Å². The summed E-state index contributed by atoms with van der Waals surface area (Å²) in [4.78, 5) is 22.9. The van der Waals surface area contributed by atoms with Crippen molar-refractivity contribution in [1.82, 2.24) is 0 Å². The lowest BCUT2D eigenvalue weighted by Gasteiger charge is -2.41. The number of carbonyl (C=O) groups is 1. The Morgan fingerprint density at radius 1 is 1.25 bits per heavy atom. The Morgan fingerprint density at radius 2 is 2.06 bits per heavy atom. The molecule has 6 aliphatic rings. The van der Waals surface area contributed by atoms with E-state index in [1.54, 1.807) is 29.5 Å². The van der Waals surface area contributed by atoms with Crippen LogP contribution in [0.1, 0.15) is 60.6 Å². The molecule has 1 aromatic carbocycles. The molecule has 0 spiro atoms. The summed E-state index contributed by atoms with van der Waals surface area (Å²) in [5.41, 5.74) is 11.6. The molecule has 0 saturated carbocycles. The first-order valence-corrected chi connectivity index (χ1v) is 13.2. The maximum atomic E-state index is 13.5. The van der Waals surface area contributed by atoms with Gasteiger partial charge in [-0.2, -0.15) is 5.26 Å². The van der Waals surface area contributed by atoms with E-state index < -0.39 is 5.92 Å². The molecule has 8 nitrogen and oxygen atoms in total. The number of benzene rings is 1. The van der Waals surface area contributed by atoms with Crippen LogP contribution in [-0.2, 0) is 4.79 Å². The lowest BCUT2D eigenvalue weighted by atomic mass is 9.75. The molecule has 36 heavy (non-hydrogen) atoms. The minimum atomic E-state index is -0.592. The number of aliphatic imine (C=N–C) groups is 1. The number of allylic oxidation sites excluding steroid dienone is 3. The average Bonchev–Trinajstić information content (AvgIpc) is 3.32. The Hall–Kier alpha value is -3.77. The number of fused-ring (bicyclic) bond motifs is 6. The van der Waals surface area contributed by atoms with Gasteiger partial charge >= 0.3 is 0 Å². The Balaban J connectivity index is 1.50. The van der Waals surface area contributed by atoms with Crippen LogP contribution in [0.2, 0.25) is 0 Å². The van der Waals surface area contributed by atoms with E-state index in [1.165, 1.54) is 17.7 Å². The smallest absolute Gasteiger partial charge is 0.161 e. The van der Waals surface area contributed by atoms with Crippen LogP contribution < -0.4 is 20.3 Å². The van der Waals surface area contributed by atoms with E-state index >= 15 is 0 Å². The first-order valence-electron chi connectivity index (χ1n) is 12.4. The van der Waals surface area contributed by atoms with Gasteiger partial charge in [-0.05, 0) is 49.3 Å². The van der Waals surface area contributed by atoms with Crippen molar-refractivity contribution in [1.29, 1.82) is 5.26 Å². The molecule has 8 rings (SSSR count). The van der Waals surface area contributed by atoms with Gasteiger partial charge < -0.3 is 20.5 Å². The summed E-state index contributed by atoms with van der Waals surface area (Å²) < 4.78 is 5.34. The summed E-state index contributed by atoms with van der Waals surface area (Å²) in [5, 5.41) is 22.9. The molecule has 1 aromatic heterocycles. The number of carbonyl (C=O) groups excluding carboxylic acids is 1. The molecule has 2 bridgehead atoms. The number of rotatable bonds is 2. The Labute approximate surface area is 212 Å². The molecule has 0 radical (unpaired) electrons. The third-order valence-corrected chi connectivity index (χ3v) is 9.42. The van der Waals surface area contributed by atoms with Crippen molar-refractivity contribution in [3.05, 3.63) is 57.6 Å². The molecule has 0 unspecified atom stereocenters. The van der Waals surface area contributed by atoms with Crippen LogP contribution >= 0.6 is 11.3 Å². The minimum Gasteiger partial charge on any atom is -0.504 e. The van der Waals surface area contributed by atoms with Crippen molar-refractivity contribution in [3.63, 3.8) is 0 Å². The number of thiophene rings is 1. The predicted molar refractivity (Wildman–Crippen MR) is 138 cm³/mol. The van der Waals surface area contributed by atoms with Crippen molar-refractivity contribution in [2.75, 3.05) is 30.0 Å². The van der Waals surface area contributed by atoms with Crippen LogP contribution in [-0.4, -0.2) is 36.9 Å². The molecule has 1 fully saturated rings. The summed E-state index contributed by atoms with van der Waals surface area (Å²) in [6, 6.07) is 7.38. The molecule has 0 amide bonds. The highest BCUT2D eigenvalue weighted by molar-refractivity contribution is 7.21. The molecule has 5 aliphatic heterocycles. The van der Waals surface area contributed by atoms with Gasteiger partial charge in [0.1, 0.15) is 10.8 Å². The highest BCUT2D eigenvalue weighted by Gasteiger charge is 2.46. The van der Waals surface area contributed by atoms with Crippen LogP contribution in [0.15, 0.2) is 45.9 Å². The zero-order valence-electron chi connectivity index (χ0n) is 19.9. The first kappa shape index (κ1) is 21.5. The normalized spacial score (nSPS) is 22.6. The predicted octanol–water partition coefficient (Wildman–Crippen LogP) is 4.22. The van der Waals surface area contributed by atoms with E-state index in [0.29, 0.717) is 46.5 Å². The van der Waals surface area contributed by atoms with E-state index in [-0.39, 0.29) is 11.5 Å². The van der Waals surface area contributed by atoms with E-state index in [0.717, 1.165) is 55.0 Å². The van der Waals surface area contributed by atoms with Crippen LogP contribution in [0, 0.1) is 11.3 Å². The third kappa shape index (κ3) is 2.73. The number of nitrogens with two attached hydrogens (primary N) is 1. The molecule has 2 aromatic rings. The summed E-state index contributed by atoms with van der Waals surface area (Å²) in [5.74, 6) is 1.19. The minimum absolute atomic E-state index is 0.00684. The number of anilines is 2. The van der Waals surface area contributed by atoms with Gasteiger partial charge in [0.2, 0.25) is 0 Å². The number of piperidine rings is 1. The number of phenols is 1. The number of nitrogens with zero attached hydrogens (tertiary/aromatic N) is 4. The zero-order chi connectivity index (χ0) is 24.7. The number of phenolic OH excluding ortho intramolecular Hbond substituents is 1. The molecule has 182 valence electrons. The Morgan fingerprint density at radius 3 is 2.81 bits per heavy atom. The SMILES string of the molecule is COc1cc([C@@H]2C(C#N)=C3N=C(N)c4c(sc5c4C4CCN5CC4)N3C3=C2C(=O)CCC3)ccc1O. The van der Waals surface area contributed by atoms with E-state index in [2.05, 4.69) is 15.9 Å². The number of ether oxygens (including phenoxy) is 1. The van der Waals surface area contributed by atoms with Gasteiger partial charge in [-0.25, -0.2) is 4.99 Å². The summed E-state index contributed by atoms with van der Waals surface area (Å²) >= 11 is 1.71. The number of hydrogen-bond donors (Lipinski definition) is 2. The highest BCUT2D eigenvalue weighted by atomic mass is 32.1. The van der Waals surface area contributed by atoms with Crippen LogP contribution in [0.25, 0.3) is 0 Å². The molecular formula is C27H25N5O3S. The van der Waals surface area contributed by atoms with Crippen molar-refractivity contribution in [3.8, 4) is 17.6 Å². The maximum absolute atomic E-state index is 13.5. The second-order valence-electron chi connectivity index (χ2n) is 9.95. The van der Waals surface area contributed by atoms with Crippen molar-refractivity contribution < 1.29 is 14.6 Å². The largest absolute Gasteiger partial charge is 0.504 e. The van der Waals surface area contributed by atoms with Gasteiger partial charge in [-0.3, -0.25) is 9.69 Å². The lowest BCUT2D eigenvalue weighted by molar-refractivity contribution is -0.116. The molecule has 1 aliphatic carbocycles. The highest BCUT2D eigenvalue weighted by Crippen LogP contribution is 2.58. The first-order chi connectivity index (χ1) is 17.5. The van der Waals surface area contributed by atoms with E-state index in [1.807, 2.05) is 0 Å². The number of hydrogen-bond acceptors (Lipinski definition) is 9. The van der Waals surface area contributed by atoms with Gasteiger partial charge in [0, 0.05) is 36.3 Å². The fraction of sp³-hybridized carbons (Fsp3) is 0.370. The van der Waals surface area contributed by atoms with Gasteiger partial charge in [0.05, 0.1) is 35.2 Å². The summed E-state index contributed by atoms with van der Waals surface area (Å²) in [6.07, 6.45) is 4.16. The van der Waals surface area contributed by atoms with Gasteiger partial charge in [0.25, 0.3) is 0 Å². The number of Topliss-reactive ketones (excluding diaryl/α,β-unsaturated/α-hetero) is 1. The molecule has 9 heteroatoms. The van der Waals surface area contributed by atoms with Crippen molar-refractivity contribution in [2.45, 2.75) is 43.9 Å². The number of amidine groups is 1. The monoisotopic (exact) mass is 499 g/mol. The van der Waals surface area contributed by atoms with Crippen LogP contribution in [0.4, 0.5) is 10.0 Å². The number of methoxy groups -OCH3 is 1. The van der Waals surface area contributed by atoms with Crippen molar-refractivity contribution >= 4 is 33.0 Å². The average molecular weight is 500 g/mol. The number of aromatic hydroxyl groups is 1. The van der Waals surface area contributed by atoms with Crippen molar-refractivity contribution in [2.24, 2.45) is 10.7 Å². The second kappa shape index (κ2) is 7.61. The van der Waals surface area contributed by atoms with Gasteiger partial charge in [-0.15, -0.1) is 0 Å². The molecule has 6 heterocycles. The molecule has 1 saturated heterocycles. The number of ketones is 1. The molecular weight excluding hydrogens is 474 g/mol. The van der Waals surface area contributed by atoms with E-state index in [4.69, 9.17) is 15.5 Å². The van der Waals surface area contributed by atoms with Crippen LogP contribution in [0.5, 0.6) is 11.5 Å². The Bertz CT molecular complexity index is 1490. The number of nitriles is 1. The Kier molecular flexibility index (Phi) is 4.55. The molecule has 3 N–H and O–H groups in total. The fourth-order valence-corrected chi connectivity index (χ4v) is 8.04. The maximum Gasteiger partial charge on any atom is 0.161 e.